The molecule has 0 fully saturated rings. The first kappa shape index (κ1) is 21.7. The number of hydrogen-bond donors (Lipinski definition) is 1. The van der Waals surface area contributed by atoms with Crippen LogP contribution in [0.3, 0.4) is 0 Å². The van der Waals surface area contributed by atoms with E-state index in [-0.39, 0.29) is 17.5 Å². The van der Waals surface area contributed by atoms with Gasteiger partial charge in [-0.3, -0.25) is 4.79 Å². The Morgan fingerprint density at radius 1 is 1.17 bits per heavy atom. The fourth-order valence-corrected chi connectivity index (χ4v) is 3.38. The van der Waals surface area contributed by atoms with Crippen LogP contribution in [0.4, 0.5) is 18.9 Å². The molecule has 158 valence electrons. The highest BCUT2D eigenvalue weighted by Crippen LogP contribution is 2.30. The van der Waals surface area contributed by atoms with E-state index in [0.29, 0.717) is 16.7 Å². The maximum atomic E-state index is 12.8. The first-order valence-corrected chi connectivity index (χ1v) is 9.93. The Hall–Kier alpha value is -3.01. The molecule has 0 radical (unpaired) electrons. The average molecular weight is 436 g/mol. The molecule has 0 saturated heterocycles. The van der Waals surface area contributed by atoms with Crippen LogP contribution in [0.5, 0.6) is 5.75 Å². The van der Waals surface area contributed by atoms with Crippen molar-refractivity contribution < 1.29 is 22.7 Å². The Bertz CT molecular complexity index is 1010. The Morgan fingerprint density at radius 2 is 1.90 bits per heavy atom. The number of carbonyl (C=O) groups excluding carboxylic acids is 1. The molecule has 6 nitrogen and oxygen atoms in total. The summed E-state index contributed by atoms with van der Waals surface area (Å²) < 4.78 is 45.9. The van der Waals surface area contributed by atoms with Crippen molar-refractivity contribution in [3.8, 4) is 5.75 Å². The van der Waals surface area contributed by atoms with Gasteiger partial charge in [-0.05, 0) is 37.3 Å². The topological polar surface area (TPSA) is 69.0 Å². The molecule has 0 aliphatic carbocycles. The van der Waals surface area contributed by atoms with Gasteiger partial charge in [-0.1, -0.05) is 36.0 Å². The van der Waals surface area contributed by atoms with E-state index >= 15 is 0 Å². The number of aromatic nitrogens is 3. The summed E-state index contributed by atoms with van der Waals surface area (Å²) in [5, 5.41) is 11.2. The van der Waals surface area contributed by atoms with Crippen LogP contribution in [0.15, 0.2) is 59.8 Å². The van der Waals surface area contributed by atoms with Crippen LogP contribution in [0, 0.1) is 0 Å². The van der Waals surface area contributed by atoms with Crippen molar-refractivity contribution in [3.05, 3.63) is 66.0 Å². The van der Waals surface area contributed by atoms with Gasteiger partial charge in [0.1, 0.15) is 5.75 Å². The summed E-state index contributed by atoms with van der Waals surface area (Å²) in [4.78, 5) is 12.1. The number of halogens is 3. The zero-order chi connectivity index (χ0) is 21.7. The van der Waals surface area contributed by atoms with Crippen molar-refractivity contribution in [1.82, 2.24) is 14.8 Å². The van der Waals surface area contributed by atoms with Crippen LogP contribution in [0.1, 0.15) is 24.4 Å². The van der Waals surface area contributed by atoms with E-state index in [4.69, 9.17) is 4.74 Å². The van der Waals surface area contributed by atoms with Crippen LogP contribution in [0.2, 0.25) is 0 Å². The van der Waals surface area contributed by atoms with E-state index in [1.165, 1.54) is 12.1 Å². The number of nitrogens with one attached hydrogen (secondary N) is 1. The van der Waals surface area contributed by atoms with Crippen LogP contribution >= 0.6 is 11.8 Å². The second-order valence-electron chi connectivity index (χ2n) is 6.39. The summed E-state index contributed by atoms with van der Waals surface area (Å²) >= 11 is 1.13. The lowest BCUT2D eigenvalue weighted by Crippen LogP contribution is -2.15. The monoisotopic (exact) mass is 436 g/mol. The van der Waals surface area contributed by atoms with Crippen LogP contribution in [-0.2, 0) is 18.0 Å². The van der Waals surface area contributed by atoms with Gasteiger partial charge in [-0.15, -0.1) is 10.2 Å². The van der Waals surface area contributed by atoms with Gasteiger partial charge in [0.15, 0.2) is 17.1 Å². The highest BCUT2D eigenvalue weighted by Gasteiger charge is 2.30. The molecule has 1 N–H and O–H groups in total. The normalized spacial score (nSPS) is 12.4. The van der Waals surface area contributed by atoms with Gasteiger partial charge in [-0.2, -0.15) is 13.2 Å². The Morgan fingerprint density at radius 3 is 2.60 bits per heavy atom. The number of alkyl halides is 3. The molecule has 0 spiro atoms. The summed E-state index contributed by atoms with van der Waals surface area (Å²) in [7, 11) is 1.76. The first-order valence-electron chi connectivity index (χ1n) is 8.95. The minimum Gasteiger partial charge on any atom is -0.483 e. The molecular formula is C20H19F3N4O2S. The van der Waals surface area contributed by atoms with Crippen molar-refractivity contribution in [3.63, 3.8) is 0 Å². The van der Waals surface area contributed by atoms with Gasteiger partial charge >= 0.3 is 6.18 Å². The lowest BCUT2D eigenvalue weighted by molar-refractivity contribution is -0.137. The molecule has 0 unspecified atom stereocenters. The number of hydrogen-bond acceptors (Lipinski definition) is 5. The fourth-order valence-electron chi connectivity index (χ4n) is 2.66. The van der Waals surface area contributed by atoms with Gasteiger partial charge in [0.05, 0.1) is 11.3 Å². The lowest BCUT2D eigenvalue weighted by atomic mass is 10.2. The molecule has 1 amide bonds. The molecule has 0 aliphatic rings. The highest BCUT2D eigenvalue weighted by molar-refractivity contribution is 7.99. The van der Waals surface area contributed by atoms with E-state index < -0.39 is 17.6 Å². The number of anilines is 1. The zero-order valence-electron chi connectivity index (χ0n) is 16.2. The largest absolute Gasteiger partial charge is 0.483 e. The van der Waals surface area contributed by atoms with Gasteiger partial charge in [0.2, 0.25) is 5.91 Å². The minimum atomic E-state index is -4.47. The van der Waals surface area contributed by atoms with Crippen molar-refractivity contribution in [2.24, 2.45) is 7.05 Å². The van der Waals surface area contributed by atoms with Crippen LogP contribution in [-0.4, -0.2) is 26.4 Å². The number of nitrogens with zero attached hydrogens (tertiary/aromatic N) is 3. The zero-order valence-corrected chi connectivity index (χ0v) is 17.0. The van der Waals surface area contributed by atoms with Crippen LogP contribution < -0.4 is 10.1 Å². The Balaban J connectivity index is 1.58. The number of rotatable bonds is 7. The maximum Gasteiger partial charge on any atom is 0.416 e. The molecule has 0 saturated carbocycles. The number of ether oxygens (including phenoxy) is 1. The number of benzene rings is 2. The Labute approximate surface area is 175 Å². The number of carbonyl (C=O) groups is 1. The molecule has 1 aromatic heterocycles. The lowest BCUT2D eigenvalue weighted by Gasteiger charge is -2.14. The second-order valence-corrected chi connectivity index (χ2v) is 7.33. The quantitative estimate of drug-likeness (QED) is 0.544. The molecule has 30 heavy (non-hydrogen) atoms. The van der Waals surface area contributed by atoms with Crippen molar-refractivity contribution >= 4 is 23.4 Å². The van der Waals surface area contributed by atoms with E-state index in [2.05, 4.69) is 15.5 Å². The highest BCUT2D eigenvalue weighted by atomic mass is 32.2. The molecular weight excluding hydrogens is 417 g/mol. The molecule has 3 rings (SSSR count). The Kier molecular flexibility index (Phi) is 6.66. The minimum absolute atomic E-state index is 0.0316. The fraction of sp³-hybridized carbons (Fsp3) is 0.250. The van der Waals surface area contributed by atoms with Crippen LogP contribution in [0.25, 0.3) is 0 Å². The second kappa shape index (κ2) is 9.21. The smallest absolute Gasteiger partial charge is 0.416 e. The van der Waals surface area contributed by atoms with Crippen molar-refractivity contribution in [1.29, 1.82) is 0 Å². The van der Waals surface area contributed by atoms with Gasteiger partial charge < -0.3 is 14.6 Å². The average Bonchev–Trinajstić information content (AvgIpc) is 3.07. The summed E-state index contributed by atoms with van der Waals surface area (Å²) in [6.07, 6.45) is -4.83. The van der Waals surface area contributed by atoms with E-state index in [1.54, 1.807) is 11.6 Å². The van der Waals surface area contributed by atoms with E-state index in [9.17, 15) is 18.0 Å². The van der Waals surface area contributed by atoms with Gasteiger partial charge in [0, 0.05) is 12.7 Å². The molecule has 1 atom stereocenters. The number of amides is 1. The molecule has 3 aromatic rings. The summed E-state index contributed by atoms with van der Waals surface area (Å²) in [6, 6.07) is 13.8. The third-order valence-electron chi connectivity index (χ3n) is 4.09. The van der Waals surface area contributed by atoms with E-state index in [0.717, 1.165) is 23.9 Å². The summed E-state index contributed by atoms with van der Waals surface area (Å²) in [5.74, 6) is 0.802. The molecule has 2 aromatic carbocycles. The SMILES string of the molecule is C[C@@H](Oc1ccccc1)c1nnc(SCC(=O)Nc2cccc(C(F)(F)F)c2)n1C. The van der Waals surface area contributed by atoms with Crippen molar-refractivity contribution in [2.75, 3.05) is 11.1 Å². The van der Waals surface area contributed by atoms with Gasteiger partial charge in [0.25, 0.3) is 0 Å². The molecule has 0 bridgehead atoms. The first-order chi connectivity index (χ1) is 14.2. The van der Waals surface area contributed by atoms with Gasteiger partial charge in [-0.25, -0.2) is 0 Å². The summed E-state index contributed by atoms with van der Waals surface area (Å²) in [5.41, 5.74) is -0.739. The third kappa shape index (κ3) is 5.53. The molecule has 0 aliphatic heterocycles. The summed E-state index contributed by atoms with van der Waals surface area (Å²) in [6.45, 7) is 1.84. The van der Waals surface area contributed by atoms with Crippen molar-refractivity contribution in [2.45, 2.75) is 24.4 Å². The standard InChI is InChI=1S/C20H19F3N4O2S/c1-13(29-16-9-4-3-5-10-16)18-25-26-19(27(18)2)30-12-17(28)24-15-8-6-7-14(11-15)20(21,22)23/h3-11,13H,12H2,1-2H3,(H,24,28)/t13-/m1/s1. The molecule has 1 heterocycles. The molecule has 10 heteroatoms. The number of thioether (sulfide) groups is 1. The predicted octanol–water partition coefficient (Wildman–Crippen LogP) is 4.70. The third-order valence-corrected chi connectivity index (χ3v) is 5.11. The maximum absolute atomic E-state index is 12.8. The van der Waals surface area contributed by atoms with E-state index in [1.807, 2.05) is 37.3 Å². The number of para-hydroxylation sites is 1. The predicted molar refractivity (Wildman–Crippen MR) is 107 cm³/mol.